The van der Waals surface area contributed by atoms with Crippen molar-refractivity contribution < 1.29 is 14.1 Å². The van der Waals surface area contributed by atoms with Gasteiger partial charge in [-0.2, -0.15) is 0 Å². The molecule has 0 spiro atoms. The van der Waals surface area contributed by atoms with Gasteiger partial charge in [-0.25, -0.2) is 0 Å². The van der Waals surface area contributed by atoms with Crippen LogP contribution in [0, 0.1) is 6.92 Å². The van der Waals surface area contributed by atoms with Crippen LogP contribution in [0.2, 0.25) is 0 Å². The number of anilines is 1. The third kappa shape index (κ3) is 3.54. The van der Waals surface area contributed by atoms with E-state index in [1.807, 2.05) is 20.8 Å². The molecule has 0 bridgehead atoms. The Balaban J connectivity index is 1.83. The van der Waals surface area contributed by atoms with Crippen LogP contribution in [0.4, 0.5) is 5.88 Å². The molecule has 18 heavy (non-hydrogen) atoms. The van der Waals surface area contributed by atoms with Crippen molar-refractivity contribution in [3.63, 3.8) is 0 Å². The lowest BCUT2D eigenvalue weighted by molar-refractivity contribution is -0.121. The van der Waals surface area contributed by atoms with Gasteiger partial charge in [0.05, 0.1) is 24.4 Å². The van der Waals surface area contributed by atoms with Gasteiger partial charge in [-0.05, 0) is 20.8 Å². The molecule has 0 aliphatic carbocycles. The maximum atomic E-state index is 11.8. The molecule has 2 atom stereocenters. The van der Waals surface area contributed by atoms with E-state index in [4.69, 9.17) is 9.26 Å². The monoisotopic (exact) mass is 253 g/mol. The molecule has 0 saturated carbocycles. The molecule has 2 rings (SSSR count). The van der Waals surface area contributed by atoms with Crippen molar-refractivity contribution in [2.24, 2.45) is 0 Å². The SMILES string of the molecule is Cc1cc(NC(=O)CN2CC(C)OC(C)C2)on1. The lowest BCUT2D eigenvalue weighted by atomic mass is 10.2. The zero-order valence-electron chi connectivity index (χ0n) is 11.0. The van der Waals surface area contributed by atoms with Crippen LogP contribution in [-0.2, 0) is 9.53 Å². The number of aryl methyl sites for hydroxylation is 1. The highest BCUT2D eigenvalue weighted by Gasteiger charge is 2.23. The fraction of sp³-hybridized carbons (Fsp3) is 0.667. The lowest BCUT2D eigenvalue weighted by Crippen LogP contribution is -2.48. The van der Waals surface area contributed by atoms with Crippen LogP contribution >= 0.6 is 0 Å². The Morgan fingerprint density at radius 1 is 1.50 bits per heavy atom. The smallest absolute Gasteiger partial charge is 0.240 e. The largest absolute Gasteiger partial charge is 0.373 e. The van der Waals surface area contributed by atoms with Crippen LogP contribution in [0.25, 0.3) is 0 Å². The molecular weight excluding hydrogens is 234 g/mol. The number of morpholine rings is 1. The van der Waals surface area contributed by atoms with E-state index in [0.29, 0.717) is 12.4 Å². The van der Waals surface area contributed by atoms with Crippen LogP contribution < -0.4 is 5.32 Å². The highest BCUT2D eigenvalue weighted by molar-refractivity contribution is 5.90. The van der Waals surface area contributed by atoms with Crippen molar-refractivity contribution in [3.05, 3.63) is 11.8 Å². The molecule has 1 fully saturated rings. The standard InChI is InChI=1S/C12H19N3O3/c1-8-4-12(18-14-8)13-11(16)7-15-5-9(2)17-10(3)6-15/h4,9-10H,5-7H2,1-3H3,(H,13,16). The minimum Gasteiger partial charge on any atom is -0.373 e. The Bertz CT molecular complexity index is 408. The van der Waals surface area contributed by atoms with Crippen molar-refractivity contribution in [1.82, 2.24) is 10.1 Å². The first-order valence-electron chi connectivity index (χ1n) is 6.14. The number of nitrogens with one attached hydrogen (secondary N) is 1. The van der Waals surface area contributed by atoms with Gasteiger partial charge in [0.2, 0.25) is 11.8 Å². The van der Waals surface area contributed by atoms with Crippen molar-refractivity contribution in [1.29, 1.82) is 0 Å². The topological polar surface area (TPSA) is 67.6 Å². The van der Waals surface area contributed by atoms with Crippen LogP contribution in [0.1, 0.15) is 19.5 Å². The highest BCUT2D eigenvalue weighted by Crippen LogP contribution is 2.11. The number of rotatable bonds is 3. The molecule has 100 valence electrons. The molecule has 2 heterocycles. The minimum atomic E-state index is -0.0903. The molecule has 1 aliphatic heterocycles. The predicted molar refractivity (Wildman–Crippen MR) is 66.3 cm³/mol. The van der Waals surface area contributed by atoms with Crippen LogP contribution in [0.15, 0.2) is 10.6 Å². The van der Waals surface area contributed by atoms with Gasteiger partial charge < -0.3 is 9.26 Å². The van der Waals surface area contributed by atoms with Gasteiger partial charge in [0.15, 0.2) is 0 Å². The minimum absolute atomic E-state index is 0.0903. The lowest BCUT2D eigenvalue weighted by Gasteiger charge is -2.34. The third-order valence-electron chi connectivity index (χ3n) is 2.75. The average molecular weight is 253 g/mol. The van der Waals surface area contributed by atoms with Gasteiger partial charge >= 0.3 is 0 Å². The van der Waals surface area contributed by atoms with E-state index in [1.54, 1.807) is 6.07 Å². The molecule has 6 heteroatoms. The first-order valence-corrected chi connectivity index (χ1v) is 6.14. The summed E-state index contributed by atoms with van der Waals surface area (Å²) >= 11 is 0. The fourth-order valence-corrected chi connectivity index (χ4v) is 2.22. The van der Waals surface area contributed by atoms with E-state index in [-0.39, 0.29) is 18.1 Å². The number of hydrogen-bond acceptors (Lipinski definition) is 5. The van der Waals surface area contributed by atoms with Gasteiger partial charge in [0, 0.05) is 19.2 Å². The van der Waals surface area contributed by atoms with E-state index < -0.39 is 0 Å². The fourth-order valence-electron chi connectivity index (χ4n) is 2.22. The molecule has 6 nitrogen and oxygen atoms in total. The number of carbonyl (C=O) groups excluding carboxylic acids is 1. The van der Waals surface area contributed by atoms with Crippen LogP contribution in [-0.4, -0.2) is 47.8 Å². The van der Waals surface area contributed by atoms with Gasteiger partial charge in [0.25, 0.3) is 0 Å². The number of nitrogens with zero attached hydrogens (tertiary/aromatic N) is 2. The van der Waals surface area contributed by atoms with Crippen LogP contribution in [0.5, 0.6) is 0 Å². The number of aromatic nitrogens is 1. The zero-order valence-corrected chi connectivity index (χ0v) is 11.0. The molecule has 1 aliphatic rings. The molecule has 1 amide bonds. The Hall–Kier alpha value is -1.40. The van der Waals surface area contributed by atoms with E-state index in [2.05, 4.69) is 15.4 Å². The summed E-state index contributed by atoms with van der Waals surface area (Å²) in [5.41, 5.74) is 0.749. The Morgan fingerprint density at radius 2 is 2.17 bits per heavy atom. The second kappa shape index (κ2) is 5.49. The summed E-state index contributed by atoms with van der Waals surface area (Å²) in [7, 11) is 0. The summed E-state index contributed by atoms with van der Waals surface area (Å²) in [4.78, 5) is 13.9. The van der Waals surface area contributed by atoms with Gasteiger partial charge in [0.1, 0.15) is 0 Å². The molecule has 1 aromatic rings. The summed E-state index contributed by atoms with van der Waals surface area (Å²) in [6.07, 6.45) is 0.322. The molecular formula is C12H19N3O3. The molecule has 1 saturated heterocycles. The Morgan fingerprint density at radius 3 is 2.72 bits per heavy atom. The maximum Gasteiger partial charge on any atom is 0.240 e. The van der Waals surface area contributed by atoms with E-state index in [1.165, 1.54) is 0 Å². The number of amides is 1. The number of ether oxygens (including phenoxy) is 1. The normalized spacial score (nSPS) is 25.1. The maximum absolute atomic E-state index is 11.8. The Kier molecular flexibility index (Phi) is 3.98. The first-order chi connectivity index (χ1) is 8.52. The van der Waals surface area contributed by atoms with Crippen molar-refractivity contribution in [2.75, 3.05) is 25.0 Å². The summed E-state index contributed by atoms with van der Waals surface area (Å²) < 4.78 is 10.6. The third-order valence-corrected chi connectivity index (χ3v) is 2.75. The molecule has 1 aromatic heterocycles. The molecule has 1 N–H and O–H groups in total. The summed E-state index contributed by atoms with van der Waals surface area (Å²) in [5, 5.41) is 6.41. The van der Waals surface area contributed by atoms with E-state index in [9.17, 15) is 4.79 Å². The summed E-state index contributed by atoms with van der Waals surface area (Å²) in [5.74, 6) is 0.305. The average Bonchev–Trinajstić information content (AvgIpc) is 2.61. The highest BCUT2D eigenvalue weighted by atomic mass is 16.5. The van der Waals surface area contributed by atoms with Crippen molar-refractivity contribution in [2.45, 2.75) is 33.0 Å². The number of carbonyl (C=O) groups is 1. The van der Waals surface area contributed by atoms with Gasteiger partial charge in [-0.3, -0.25) is 15.0 Å². The Labute approximate surface area is 106 Å². The van der Waals surface area contributed by atoms with Crippen molar-refractivity contribution in [3.8, 4) is 0 Å². The molecule has 0 radical (unpaired) electrons. The predicted octanol–water partition coefficient (Wildman–Crippen LogP) is 1.03. The molecule has 2 unspecified atom stereocenters. The number of hydrogen-bond donors (Lipinski definition) is 1. The first kappa shape index (κ1) is 13.0. The second-order valence-corrected chi connectivity index (χ2v) is 4.83. The van der Waals surface area contributed by atoms with E-state index in [0.717, 1.165) is 18.8 Å². The van der Waals surface area contributed by atoms with Gasteiger partial charge in [-0.1, -0.05) is 5.16 Å². The molecule has 0 aromatic carbocycles. The van der Waals surface area contributed by atoms with E-state index >= 15 is 0 Å². The van der Waals surface area contributed by atoms with Gasteiger partial charge in [-0.15, -0.1) is 0 Å². The van der Waals surface area contributed by atoms with Crippen LogP contribution in [0.3, 0.4) is 0 Å². The van der Waals surface area contributed by atoms with Crippen molar-refractivity contribution >= 4 is 11.8 Å². The summed E-state index contributed by atoms with van der Waals surface area (Å²) in [6.45, 7) is 7.73. The second-order valence-electron chi connectivity index (χ2n) is 4.83. The quantitative estimate of drug-likeness (QED) is 0.871. The summed E-state index contributed by atoms with van der Waals surface area (Å²) in [6, 6.07) is 1.70. The zero-order chi connectivity index (χ0) is 13.1.